The van der Waals surface area contributed by atoms with Crippen LogP contribution in [0.2, 0.25) is 0 Å². The molecule has 4 rings (SSSR count). The predicted molar refractivity (Wildman–Crippen MR) is 142 cm³/mol. The highest BCUT2D eigenvalue weighted by molar-refractivity contribution is 9.10. The standard InChI is InChI=1S/C29H29BrN2O5/c1-36-26-10-6-5-9-22(26)19-37-28(34)18-32-25(21-11-13-24(30)14-12-21)15-23(29(32)35)16-27(33)31-17-20-7-3-2-4-8-20/h2-14,23,25H,15-19H2,1H3,(H,31,33)/t23-,25-/m1/s1. The minimum Gasteiger partial charge on any atom is -0.496 e. The van der Waals surface area contributed by atoms with E-state index in [0.29, 0.717) is 18.7 Å². The Hall–Kier alpha value is -3.65. The fraction of sp³-hybridized carbons (Fsp3) is 0.276. The molecule has 0 aliphatic carbocycles. The number of carbonyl (C=O) groups excluding carboxylic acids is 3. The number of nitrogens with zero attached hydrogens (tertiary/aromatic N) is 1. The Morgan fingerprint density at radius 3 is 2.43 bits per heavy atom. The maximum atomic E-state index is 13.4. The van der Waals surface area contributed by atoms with E-state index in [1.807, 2.05) is 72.8 Å². The first-order chi connectivity index (χ1) is 17.9. The molecule has 1 heterocycles. The number of halogens is 1. The summed E-state index contributed by atoms with van der Waals surface area (Å²) in [4.78, 5) is 40.4. The van der Waals surface area contributed by atoms with Gasteiger partial charge in [0.1, 0.15) is 18.9 Å². The number of benzene rings is 3. The molecule has 0 radical (unpaired) electrons. The van der Waals surface area contributed by atoms with Gasteiger partial charge in [0.2, 0.25) is 11.8 Å². The average molecular weight is 565 g/mol. The van der Waals surface area contributed by atoms with Gasteiger partial charge in [-0.05, 0) is 35.7 Å². The van der Waals surface area contributed by atoms with Crippen molar-refractivity contribution in [3.05, 3.63) is 100 Å². The molecule has 192 valence electrons. The fourth-order valence-electron chi connectivity index (χ4n) is 4.50. The van der Waals surface area contributed by atoms with Crippen LogP contribution in [0.3, 0.4) is 0 Å². The largest absolute Gasteiger partial charge is 0.496 e. The first-order valence-corrected chi connectivity index (χ1v) is 12.9. The first kappa shape index (κ1) is 26.4. The zero-order valence-corrected chi connectivity index (χ0v) is 22.1. The number of esters is 1. The highest BCUT2D eigenvalue weighted by Gasteiger charge is 2.42. The number of hydrogen-bond donors (Lipinski definition) is 1. The Kier molecular flexibility index (Phi) is 8.95. The summed E-state index contributed by atoms with van der Waals surface area (Å²) in [6.45, 7) is 0.242. The van der Waals surface area contributed by atoms with Crippen LogP contribution in [0.4, 0.5) is 0 Å². The average Bonchev–Trinajstić information content (AvgIpc) is 3.21. The smallest absolute Gasteiger partial charge is 0.325 e. The van der Waals surface area contributed by atoms with E-state index in [1.54, 1.807) is 13.2 Å². The van der Waals surface area contributed by atoms with Gasteiger partial charge in [0.05, 0.1) is 13.2 Å². The van der Waals surface area contributed by atoms with E-state index < -0.39 is 11.9 Å². The van der Waals surface area contributed by atoms with Gasteiger partial charge < -0.3 is 19.7 Å². The molecule has 0 spiro atoms. The molecule has 0 bridgehead atoms. The third-order valence-electron chi connectivity index (χ3n) is 6.42. The summed E-state index contributed by atoms with van der Waals surface area (Å²) in [6.07, 6.45) is 0.504. The first-order valence-electron chi connectivity index (χ1n) is 12.1. The van der Waals surface area contributed by atoms with Gasteiger partial charge in [-0.2, -0.15) is 0 Å². The van der Waals surface area contributed by atoms with Crippen molar-refractivity contribution >= 4 is 33.7 Å². The Bertz CT molecular complexity index is 1230. The van der Waals surface area contributed by atoms with Crippen LogP contribution in [0.25, 0.3) is 0 Å². The molecule has 0 unspecified atom stereocenters. The molecule has 37 heavy (non-hydrogen) atoms. The molecule has 1 aliphatic heterocycles. The van der Waals surface area contributed by atoms with Crippen molar-refractivity contribution in [2.75, 3.05) is 13.7 Å². The van der Waals surface area contributed by atoms with Crippen molar-refractivity contribution in [1.29, 1.82) is 0 Å². The van der Waals surface area contributed by atoms with Crippen LogP contribution in [0.5, 0.6) is 5.75 Å². The summed E-state index contributed by atoms with van der Waals surface area (Å²) in [7, 11) is 1.56. The predicted octanol–water partition coefficient (Wildman–Crippen LogP) is 4.80. The molecule has 3 aromatic rings. The number of rotatable bonds is 10. The van der Waals surface area contributed by atoms with Crippen LogP contribution in [0.15, 0.2) is 83.3 Å². The second kappa shape index (κ2) is 12.5. The molecule has 2 atom stereocenters. The normalized spacial score (nSPS) is 16.9. The van der Waals surface area contributed by atoms with Crippen LogP contribution in [-0.2, 0) is 32.3 Å². The van der Waals surface area contributed by atoms with Gasteiger partial charge in [-0.25, -0.2) is 0 Å². The summed E-state index contributed by atoms with van der Waals surface area (Å²) in [6, 6.07) is 24.2. The number of para-hydroxylation sites is 1. The molecule has 1 fully saturated rings. The van der Waals surface area contributed by atoms with Crippen molar-refractivity contribution in [3.8, 4) is 5.75 Å². The molecule has 8 heteroatoms. The lowest BCUT2D eigenvalue weighted by molar-refractivity contribution is -0.150. The Labute approximate surface area is 224 Å². The summed E-state index contributed by atoms with van der Waals surface area (Å²) >= 11 is 3.44. The molecule has 3 aromatic carbocycles. The minimum atomic E-state index is -0.522. The Morgan fingerprint density at radius 2 is 1.70 bits per heavy atom. The highest BCUT2D eigenvalue weighted by Crippen LogP contribution is 2.38. The zero-order valence-electron chi connectivity index (χ0n) is 20.6. The summed E-state index contributed by atoms with van der Waals surface area (Å²) in [5.74, 6) is -0.835. The van der Waals surface area contributed by atoms with Crippen LogP contribution in [0.1, 0.15) is 35.6 Å². The summed E-state index contributed by atoms with van der Waals surface area (Å²) in [5, 5.41) is 2.89. The van der Waals surface area contributed by atoms with Crippen molar-refractivity contribution in [3.63, 3.8) is 0 Å². The lowest BCUT2D eigenvalue weighted by Gasteiger charge is -2.24. The second-order valence-corrected chi connectivity index (χ2v) is 9.82. The van der Waals surface area contributed by atoms with Crippen LogP contribution < -0.4 is 10.1 Å². The van der Waals surface area contributed by atoms with E-state index >= 15 is 0 Å². The van der Waals surface area contributed by atoms with E-state index in [2.05, 4.69) is 21.2 Å². The zero-order chi connectivity index (χ0) is 26.2. The molecule has 0 aromatic heterocycles. The number of nitrogens with one attached hydrogen (secondary N) is 1. The Morgan fingerprint density at radius 1 is 1.00 bits per heavy atom. The van der Waals surface area contributed by atoms with Crippen molar-refractivity contribution in [2.45, 2.75) is 32.0 Å². The molecule has 1 saturated heterocycles. The number of ether oxygens (including phenoxy) is 2. The van der Waals surface area contributed by atoms with Crippen LogP contribution in [0, 0.1) is 5.92 Å². The highest BCUT2D eigenvalue weighted by atomic mass is 79.9. The quantitative estimate of drug-likeness (QED) is 0.357. The van der Waals surface area contributed by atoms with E-state index in [9.17, 15) is 14.4 Å². The second-order valence-electron chi connectivity index (χ2n) is 8.91. The van der Waals surface area contributed by atoms with Gasteiger partial charge in [-0.3, -0.25) is 14.4 Å². The van der Waals surface area contributed by atoms with E-state index in [0.717, 1.165) is 21.2 Å². The maximum Gasteiger partial charge on any atom is 0.325 e. The lowest BCUT2D eigenvalue weighted by atomic mass is 9.97. The number of hydrogen-bond acceptors (Lipinski definition) is 5. The van der Waals surface area contributed by atoms with Gasteiger partial charge in [0.25, 0.3) is 0 Å². The van der Waals surface area contributed by atoms with Crippen molar-refractivity contribution in [2.24, 2.45) is 5.92 Å². The number of methoxy groups -OCH3 is 1. The molecular weight excluding hydrogens is 536 g/mol. The number of amides is 2. The third-order valence-corrected chi connectivity index (χ3v) is 6.94. The van der Waals surface area contributed by atoms with Gasteiger partial charge in [-0.1, -0.05) is 76.6 Å². The van der Waals surface area contributed by atoms with Gasteiger partial charge >= 0.3 is 5.97 Å². The maximum absolute atomic E-state index is 13.4. The van der Waals surface area contributed by atoms with Crippen LogP contribution in [-0.4, -0.2) is 36.3 Å². The molecule has 1 aliphatic rings. The number of carbonyl (C=O) groups is 3. The third kappa shape index (κ3) is 6.98. The molecule has 0 saturated carbocycles. The van der Waals surface area contributed by atoms with Crippen LogP contribution >= 0.6 is 15.9 Å². The summed E-state index contributed by atoms with van der Waals surface area (Å²) < 4.78 is 11.7. The van der Waals surface area contributed by atoms with Gasteiger partial charge in [0.15, 0.2) is 0 Å². The number of likely N-dealkylation sites (tertiary alicyclic amines) is 1. The minimum absolute atomic E-state index is 0.0408. The van der Waals surface area contributed by atoms with Crippen molar-refractivity contribution in [1.82, 2.24) is 10.2 Å². The SMILES string of the molecule is COc1ccccc1COC(=O)CN1C(=O)[C@@H](CC(=O)NCc2ccccc2)C[C@@H]1c1ccc(Br)cc1. The Balaban J connectivity index is 1.42. The van der Waals surface area contributed by atoms with Crippen molar-refractivity contribution < 1.29 is 23.9 Å². The van der Waals surface area contributed by atoms with E-state index in [-0.39, 0.29) is 37.4 Å². The monoisotopic (exact) mass is 564 g/mol. The molecule has 2 amide bonds. The molecule has 7 nitrogen and oxygen atoms in total. The van der Waals surface area contributed by atoms with E-state index in [1.165, 1.54) is 4.90 Å². The lowest BCUT2D eigenvalue weighted by Crippen LogP contribution is -2.36. The molecular formula is C29H29BrN2O5. The van der Waals surface area contributed by atoms with Gasteiger partial charge in [0, 0.05) is 28.9 Å². The van der Waals surface area contributed by atoms with E-state index in [4.69, 9.17) is 9.47 Å². The fourth-order valence-corrected chi connectivity index (χ4v) is 4.77. The van der Waals surface area contributed by atoms with Gasteiger partial charge in [-0.15, -0.1) is 0 Å². The topological polar surface area (TPSA) is 84.9 Å². The summed E-state index contributed by atoms with van der Waals surface area (Å²) in [5.41, 5.74) is 2.63. The molecule has 1 N–H and O–H groups in total.